The molecule has 0 aromatic heterocycles. The molecular weight excluding hydrogens is 546 g/mol. The van der Waals surface area contributed by atoms with Gasteiger partial charge in [0.05, 0.1) is 10.9 Å². The topological polar surface area (TPSA) is 82.1 Å². The molecule has 0 aliphatic rings. The molecule has 1 N–H and O–H groups in total. The lowest BCUT2D eigenvalue weighted by atomic mass is 10.2. The van der Waals surface area contributed by atoms with Gasteiger partial charge in [-0.15, -0.1) is 0 Å². The standard InChI is InChI=1S/C29H33F2O6S2/c1-20(29(30,31)39(32,33)34)35-21-8-14-24(15-9-21)38(25-16-10-22(11-17-25)36-27(2,3)4)26-18-12-23(13-19-26)37-28(5,6)7/h8-20H,1H2,2-7H3/q+1/p+1. The van der Waals surface area contributed by atoms with E-state index in [1.807, 2.05) is 90.1 Å². The average Bonchev–Trinajstić information content (AvgIpc) is 2.80. The van der Waals surface area contributed by atoms with E-state index in [9.17, 15) is 17.2 Å². The first kappa shape index (κ1) is 30.6. The Labute approximate surface area is 232 Å². The minimum Gasteiger partial charge on any atom is -0.488 e. The predicted octanol–water partition coefficient (Wildman–Crippen LogP) is 7.20. The molecule has 39 heavy (non-hydrogen) atoms. The van der Waals surface area contributed by atoms with Crippen LogP contribution in [0.15, 0.2) is 87.5 Å². The van der Waals surface area contributed by atoms with Crippen LogP contribution >= 0.6 is 0 Å². The summed E-state index contributed by atoms with van der Waals surface area (Å²) in [6, 6.07) is 21.9. The fraction of sp³-hybridized carbons (Fsp3) is 0.345. The van der Waals surface area contributed by atoms with Crippen LogP contribution in [-0.4, -0.2) is 35.5 Å². The van der Waals surface area contributed by atoms with E-state index < -0.39 is 32.4 Å². The summed E-state index contributed by atoms with van der Waals surface area (Å²) in [5.41, 5.74) is -0.694. The minimum atomic E-state index is -5.69. The zero-order chi connectivity index (χ0) is 29.2. The quantitative estimate of drug-likeness (QED) is 0.164. The van der Waals surface area contributed by atoms with Crippen LogP contribution in [0.2, 0.25) is 0 Å². The van der Waals surface area contributed by atoms with Crippen molar-refractivity contribution in [2.45, 2.75) is 78.8 Å². The van der Waals surface area contributed by atoms with E-state index in [4.69, 9.17) is 18.8 Å². The highest BCUT2D eigenvalue weighted by atomic mass is 32.2. The molecule has 0 bridgehead atoms. The fourth-order valence-electron chi connectivity index (χ4n) is 3.46. The number of alkyl halides is 2. The van der Waals surface area contributed by atoms with Crippen LogP contribution in [0, 0.1) is 6.92 Å². The molecule has 0 aliphatic carbocycles. The first-order valence-corrected chi connectivity index (χ1v) is 14.8. The number of halogens is 2. The highest BCUT2D eigenvalue weighted by Crippen LogP contribution is 2.35. The molecule has 0 fully saturated rings. The lowest BCUT2D eigenvalue weighted by molar-refractivity contribution is -0.0108. The summed E-state index contributed by atoms with van der Waals surface area (Å²) >= 11 is 0. The van der Waals surface area contributed by atoms with Crippen molar-refractivity contribution in [3.8, 4) is 17.2 Å². The van der Waals surface area contributed by atoms with Crippen molar-refractivity contribution >= 4 is 21.0 Å². The van der Waals surface area contributed by atoms with Crippen molar-refractivity contribution in [1.29, 1.82) is 0 Å². The number of rotatable bonds is 9. The van der Waals surface area contributed by atoms with Crippen molar-refractivity contribution in [3.05, 3.63) is 79.7 Å². The number of hydrogen-bond acceptors (Lipinski definition) is 5. The van der Waals surface area contributed by atoms with Crippen LogP contribution < -0.4 is 14.2 Å². The summed E-state index contributed by atoms with van der Waals surface area (Å²) in [7, 11) is -6.28. The van der Waals surface area contributed by atoms with E-state index in [0.29, 0.717) is 0 Å². The monoisotopic (exact) mass is 580 g/mol. The first-order valence-electron chi connectivity index (χ1n) is 12.1. The third-order valence-electron chi connectivity index (χ3n) is 5.02. The molecule has 3 aromatic rings. The Morgan fingerprint density at radius 1 is 0.692 bits per heavy atom. The SMILES string of the molecule is [CH2+]C(Oc1ccc([S+](c2ccc(OC(C)(C)C)cc2)c2ccc(OC(C)(C)C)cc2)cc1)C(F)(F)S(=O)(=O)O. The van der Waals surface area contributed by atoms with Gasteiger partial charge in [-0.05, 0) is 114 Å². The van der Waals surface area contributed by atoms with Crippen molar-refractivity contribution < 1.29 is 36.0 Å². The Morgan fingerprint density at radius 2 is 1.00 bits per heavy atom. The van der Waals surface area contributed by atoms with E-state index in [1.54, 1.807) is 12.1 Å². The summed E-state index contributed by atoms with van der Waals surface area (Å²) in [5.74, 6) is 1.44. The maximum atomic E-state index is 13.9. The van der Waals surface area contributed by atoms with Gasteiger partial charge in [0.1, 0.15) is 35.4 Å². The molecule has 0 amide bonds. The second-order valence-electron chi connectivity index (χ2n) is 10.8. The highest BCUT2D eigenvalue weighted by molar-refractivity contribution is 7.97. The number of hydrogen-bond donors (Lipinski definition) is 1. The molecule has 3 rings (SSSR count). The summed E-state index contributed by atoms with van der Waals surface area (Å²) in [5, 5.41) is -4.57. The third-order valence-corrected chi connectivity index (χ3v) is 8.20. The van der Waals surface area contributed by atoms with Gasteiger partial charge in [0, 0.05) is 0 Å². The van der Waals surface area contributed by atoms with Gasteiger partial charge in [0.25, 0.3) is 0 Å². The van der Waals surface area contributed by atoms with E-state index in [1.165, 1.54) is 12.1 Å². The molecule has 10 heteroatoms. The van der Waals surface area contributed by atoms with Gasteiger partial charge in [-0.2, -0.15) is 17.2 Å². The normalized spacial score (nSPS) is 13.7. The Balaban J connectivity index is 1.95. The van der Waals surface area contributed by atoms with Crippen molar-refractivity contribution in [1.82, 2.24) is 0 Å². The van der Waals surface area contributed by atoms with E-state index in [-0.39, 0.29) is 17.0 Å². The lowest BCUT2D eigenvalue weighted by Crippen LogP contribution is -2.42. The molecule has 3 aromatic carbocycles. The predicted molar refractivity (Wildman–Crippen MR) is 149 cm³/mol. The Kier molecular flexibility index (Phi) is 8.84. The largest absolute Gasteiger partial charge is 0.488 e. The Hall–Kier alpha value is -2.95. The molecule has 0 spiro atoms. The van der Waals surface area contributed by atoms with E-state index in [2.05, 4.69) is 6.92 Å². The zero-order valence-corrected chi connectivity index (χ0v) is 24.4. The summed E-state index contributed by atoms with van der Waals surface area (Å²) < 4.78 is 75.6. The second kappa shape index (κ2) is 11.3. The molecule has 1 unspecified atom stereocenters. The van der Waals surface area contributed by atoms with Gasteiger partial charge in [0.15, 0.2) is 14.7 Å². The van der Waals surface area contributed by atoms with Crippen molar-refractivity contribution in [3.63, 3.8) is 0 Å². The fourth-order valence-corrected chi connectivity index (χ4v) is 5.88. The Morgan fingerprint density at radius 3 is 1.28 bits per heavy atom. The zero-order valence-electron chi connectivity index (χ0n) is 22.8. The minimum absolute atomic E-state index is 0.0199. The lowest BCUT2D eigenvalue weighted by Gasteiger charge is -2.21. The van der Waals surface area contributed by atoms with Gasteiger partial charge >= 0.3 is 21.5 Å². The van der Waals surface area contributed by atoms with Gasteiger partial charge in [-0.1, -0.05) is 0 Å². The van der Waals surface area contributed by atoms with E-state index >= 15 is 0 Å². The van der Waals surface area contributed by atoms with Crippen molar-refractivity contribution in [2.75, 3.05) is 0 Å². The first-order chi connectivity index (χ1) is 17.9. The number of ether oxygens (including phenoxy) is 3. The van der Waals surface area contributed by atoms with Crippen LogP contribution in [0.25, 0.3) is 0 Å². The Bertz CT molecular complexity index is 1280. The molecule has 1 atom stereocenters. The van der Waals surface area contributed by atoms with Crippen LogP contribution in [0.1, 0.15) is 41.5 Å². The van der Waals surface area contributed by atoms with Crippen LogP contribution in [0.4, 0.5) is 8.78 Å². The van der Waals surface area contributed by atoms with Crippen LogP contribution in [0.3, 0.4) is 0 Å². The van der Waals surface area contributed by atoms with Gasteiger partial charge in [-0.25, -0.2) is 0 Å². The maximum absolute atomic E-state index is 13.9. The van der Waals surface area contributed by atoms with Crippen molar-refractivity contribution in [2.24, 2.45) is 0 Å². The molecule has 210 valence electrons. The van der Waals surface area contributed by atoms with Gasteiger partial charge < -0.3 is 14.2 Å². The van der Waals surface area contributed by atoms with Gasteiger partial charge in [0.2, 0.25) is 0 Å². The summed E-state index contributed by atoms with van der Waals surface area (Å²) in [4.78, 5) is 2.84. The molecule has 0 heterocycles. The average molecular weight is 581 g/mol. The van der Waals surface area contributed by atoms with E-state index in [0.717, 1.165) is 26.2 Å². The van der Waals surface area contributed by atoms with Crippen LogP contribution in [0.5, 0.6) is 17.2 Å². The van der Waals surface area contributed by atoms with Gasteiger partial charge in [-0.3, -0.25) is 4.55 Å². The molecule has 0 radical (unpaired) electrons. The maximum Gasteiger partial charge on any atom is 0.448 e. The van der Waals surface area contributed by atoms with Crippen LogP contribution in [-0.2, 0) is 21.0 Å². The summed E-state index contributed by atoms with van der Waals surface area (Å²) in [6.07, 6.45) is -2.35. The molecule has 0 saturated heterocycles. The molecule has 0 aliphatic heterocycles. The number of benzene rings is 3. The molecule has 6 nitrogen and oxygen atoms in total. The second-order valence-corrected chi connectivity index (χ2v) is 14.3. The summed E-state index contributed by atoms with van der Waals surface area (Å²) in [6.45, 7) is 14.9. The highest BCUT2D eigenvalue weighted by Gasteiger charge is 2.56. The molecule has 0 saturated carbocycles. The smallest absolute Gasteiger partial charge is 0.448 e. The molecular formula is C29H34F2O6S2+2. The third kappa shape index (κ3) is 8.27.